The van der Waals surface area contributed by atoms with Crippen molar-refractivity contribution in [2.24, 2.45) is 0 Å². The molecule has 24 heavy (non-hydrogen) atoms. The van der Waals surface area contributed by atoms with Crippen molar-refractivity contribution in [2.75, 3.05) is 38.5 Å². The molecule has 1 N–H and O–H groups in total. The number of halogens is 3. The van der Waals surface area contributed by atoms with Gasteiger partial charge in [0.15, 0.2) is 0 Å². The summed E-state index contributed by atoms with van der Waals surface area (Å²) >= 11 is 0. The largest absolute Gasteiger partial charge is 0.416 e. The van der Waals surface area contributed by atoms with Crippen LogP contribution in [0.5, 0.6) is 0 Å². The molecule has 0 bridgehead atoms. The summed E-state index contributed by atoms with van der Waals surface area (Å²) in [7, 11) is 1.95. The molecule has 1 amide bonds. The molecular formula is C16H17F3N4O. The number of amides is 1. The van der Waals surface area contributed by atoms with Crippen molar-refractivity contribution in [3.63, 3.8) is 0 Å². The van der Waals surface area contributed by atoms with Crippen molar-refractivity contribution >= 4 is 11.6 Å². The number of carbonyl (C=O) groups excluding carboxylic acids is 1. The van der Waals surface area contributed by atoms with Crippen LogP contribution in [0, 0.1) is 11.3 Å². The third-order valence-electron chi connectivity index (χ3n) is 3.74. The number of anilines is 1. The molecule has 0 spiro atoms. The molecular weight excluding hydrogens is 321 g/mol. The molecule has 8 heteroatoms. The number of likely N-dealkylation sites (N-methyl/N-ethyl adjacent to an activating group) is 1. The first-order valence-electron chi connectivity index (χ1n) is 7.33. The predicted octanol–water partition coefficient (Wildman–Crippen LogP) is 2.30. The van der Waals surface area contributed by atoms with E-state index in [2.05, 4.69) is 10.2 Å². The minimum absolute atomic E-state index is 0.0838. The van der Waals surface area contributed by atoms with Gasteiger partial charge in [-0.25, -0.2) is 0 Å². The molecule has 1 heterocycles. The normalized spacial score (nSPS) is 16.6. The fraction of sp³-hybridized carbons (Fsp3) is 0.375. The van der Waals surface area contributed by atoms with Crippen molar-refractivity contribution in [3.8, 4) is 6.07 Å². The molecule has 1 saturated heterocycles. The molecule has 1 aromatic rings. The van der Waals surface area contributed by atoms with Crippen LogP contribution in [0.4, 0.5) is 18.9 Å². The Kier molecular flexibility index (Phi) is 5.46. The summed E-state index contributed by atoms with van der Waals surface area (Å²) < 4.78 is 37.5. The molecule has 128 valence electrons. The number of nitriles is 1. The second-order valence-electron chi connectivity index (χ2n) is 5.48. The average Bonchev–Trinajstić information content (AvgIpc) is 2.55. The number of benzene rings is 1. The Morgan fingerprint density at radius 3 is 2.29 bits per heavy atom. The van der Waals surface area contributed by atoms with E-state index in [9.17, 15) is 18.0 Å². The van der Waals surface area contributed by atoms with E-state index in [0.717, 1.165) is 25.2 Å². The summed E-state index contributed by atoms with van der Waals surface area (Å²) in [6, 6.07) is 6.19. The molecule has 0 saturated carbocycles. The lowest BCUT2D eigenvalue weighted by Gasteiger charge is -2.32. The van der Waals surface area contributed by atoms with Gasteiger partial charge in [0.2, 0.25) is 0 Å². The summed E-state index contributed by atoms with van der Waals surface area (Å²) in [6.45, 7) is 2.54. The molecule has 1 fully saturated rings. The molecule has 0 radical (unpaired) electrons. The maximum atomic E-state index is 12.5. The highest BCUT2D eigenvalue weighted by Gasteiger charge is 2.30. The number of hydrogen-bond acceptors (Lipinski definition) is 4. The van der Waals surface area contributed by atoms with Crippen LogP contribution in [0.2, 0.25) is 0 Å². The van der Waals surface area contributed by atoms with E-state index >= 15 is 0 Å². The Bertz CT molecular complexity index is 653. The second-order valence-corrected chi connectivity index (χ2v) is 5.48. The Labute approximate surface area is 138 Å². The highest BCUT2D eigenvalue weighted by molar-refractivity contribution is 5.97. The smallest absolute Gasteiger partial charge is 0.360 e. The van der Waals surface area contributed by atoms with Gasteiger partial charge < -0.3 is 15.1 Å². The minimum atomic E-state index is -4.40. The standard InChI is InChI=1S/C16H17F3N4O/c1-22-6-8-23(9-7-22)15(24)12(10-20)11-21-14-4-2-13(3-5-14)16(17,18)19/h2-5,11,21H,6-9H2,1H3/b12-11-. The molecule has 0 unspecified atom stereocenters. The first-order valence-corrected chi connectivity index (χ1v) is 7.33. The van der Waals surface area contributed by atoms with Crippen LogP contribution in [-0.2, 0) is 11.0 Å². The number of hydrogen-bond donors (Lipinski definition) is 1. The molecule has 0 aliphatic carbocycles. The van der Waals surface area contributed by atoms with Gasteiger partial charge in [-0.3, -0.25) is 4.79 Å². The van der Waals surface area contributed by atoms with Gasteiger partial charge in [-0.2, -0.15) is 18.4 Å². The third-order valence-corrected chi connectivity index (χ3v) is 3.74. The van der Waals surface area contributed by atoms with Gasteiger partial charge in [0, 0.05) is 38.1 Å². The van der Waals surface area contributed by atoms with Crippen LogP contribution < -0.4 is 5.32 Å². The minimum Gasteiger partial charge on any atom is -0.360 e. The topological polar surface area (TPSA) is 59.4 Å². The lowest BCUT2D eigenvalue weighted by atomic mass is 10.2. The summed E-state index contributed by atoms with van der Waals surface area (Å²) in [5.74, 6) is -0.384. The lowest BCUT2D eigenvalue weighted by molar-refractivity contribution is -0.137. The van der Waals surface area contributed by atoms with Gasteiger partial charge >= 0.3 is 6.18 Å². The van der Waals surface area contributed by atoms with Gasteiger partial charge in [0.05, 0.1) is 5.56 Å². The Morgan fingerprint density at radius 2 is 1.79 bits per heavy atom. The Hall–Kier alpha value is -2.53. The summed E-state index contributed by atoms with van der Waals surface area (Å²) in [5, 5.41) is 11.8. The summed E-state index contributed by atoms with van der Waals surface area (Å²) in [6.07, 6.45) is -3.17. The van der Waals surface area contributed by atoms with Gasteiger partial charge in [0.25, 0.3) is 5.91 Å². The number of nitrogens with one attached hydrogen (secondary N) is 1. The number of alkyl halides is 3. The fourth-order valence-electron chi connectivity index (χ4n) is 2.23. The number of rotatable bonds is 3. The highest BCUT2D eigenvalue weighted by atomic mass is 19.4. The molecule has 2 rings (SSSR count). The van der Waals surface area contributed by atoms with Gasteiger partial charge in [-0.1, -0.05) is 0 Å². The maximum Gasteiger partial charge on any atom is 0.416 e. The van der Waals surface area contributed by atoms with Gasteiger partial charge in [-0.15, -0.1) is 0 Å². The molecule has 1 aromatic carbocycles. The van der Waals surface area contributed by atoms with E-state index < -0.39 is 11.7 Å². The fourth-order valence-corrected chi connectivity index (χ4v) is 2.23. The molecule has 0 atom stereocenters. The van der Waals surface area contributed by atoms with Crippen LogP contribution in [0.25, 0.3) is 0 Å². The maximum absolute atomic E-state index is 12.5. The van der Waals surface area contributed by atoms with E-state index in [0.29, 0.717) is 18.8 Å². The quantitative estimate of drug-likeness (QED) is 0.679. The van der Waals surface area contributed by atoms with E-state index in [-0.39, 0.29) is 11.5 Å². The van der Waals surface area contributed by atoms with Crippen molar-refractivity contribution in [1.82, 2.24) is 9.80 Å². The summed E-state index contributed by atoms with van der Waals surface area (Å²) in [5.41, 5.74) is -0.479. The van der Waals surface area contributed by atoms with E-state index in [1.807, 2.05) is 13.1 Å². The predicted molar refractivity (Wildman–Crippen MR) is 82.8 cm³/mol. The van der Waals surface area contributed by atoms with Crippen molar-refractivity contribution in [1.29, 1.82) is 5.26 Å². The van der Waals surface area contributed by atoms with Gasteiger partial charge in [0.1, 0.15) is 11.6 Å². The van der Waals surface area contributed by atoms with Crippen molar-refractivity contribution in [3.05, 3.63) is 41.6 Å². The van der Waals surface area contributed by atoms with E-state index in [4.69, 9.17) is 5.26 Å². The van der Waals surface area contributed by atoms with Gasteiger partial charge in [-0.05, 0) is 31.3 Å². The first-order chi connectivity index (χ1) is 11.3. The Balaban J connectivity index is 2.03. The molecule has 1 aliphatic heterocycles. The van der Waals surface area contributed by atoms with Crippen molar-refractivity contribution < 1.29 is 18.0 Å². The van der Waals surface area contributed by atoms with Crippen LogP contribution in [-0.4, -0.2) is 48.9 Å². The zero-order valence-electron chi connectivity index (χ0n) is 13.1. The van der Waals surface area contributed by atoms with Crippen LogP contribution in [0.15, 0.2) is 36.0 Å². The molecule has 1 aliphatic rings. The third kappa shape index (κ3) is 4.49. The number of nitrogens with zero attached hydrogens (tertiary/aromatic N) is 3. The molecule has 5 nitrogen and oxygen atoms in total. The summed E-state index contributed by atoms with van der Waals surface area (Å²) in [4.78, 5) is 15.9. The second kappa shape index (κ2) is 7.36. The molecule has 0 aromatic heterocycles. The van der Waals surface area contributed by atoms with Crippen LogP contribution >= 0.6 is 0 Å². The highest BCUT2D eigenvalue weighted by Crippen LogP contribution is 2.29. The first kappa shape index (κ1) is 17.8. The average molecular weight is 338 g/mol. The SMILES string of the molecule is CN1CCN(C(=O)/C(C#N)=C\Nc2ccc(C(F)(F)F)cc2)CC1. The number of carbonyl (C=O) groups is 1. The zero-order chi connectivity index (χ0) is 17.7. The number of piperazine rings is 1. The zero-order valence-corrected chi connectivity index (χ0v) is 13.1. The lowest BCUT2D eigenvalue weighted by Crippen LogP contribution is -2.47. The van der Waals surface area contributed by atoms with E-state index in [1.165, 1.54) is 18.3 Å². The van der Waals surface area contributed by atoms with Crippen molar-refractivity contribution in [2.45, 2.75) is 6.18 Å². The monoisotopic (exact) mass is 338 g/mol. The van der Waals surface area contributed by atoms with Crippen LogP contribution in [0.1, 0.15) is 5.56 Å². The van der Waals surface area contributed by atoms with E-state index in [1.54, 1.807) is 4.90 Å². The Morgan fingerprint density at radius 1 is 1.21 bits per heavy atom. The van der Waals surface area contributed by atoms with Crippen LogP contribution in [0.3, 0.4) is 0 Å².